The van der Waals surface area contributed by atoms with Gasteiger partial charge in [-0.25, -0.2) is 4.98 Å². The number of aromatic nitrogens is 1. The number of alkyl halides is 2. The van der Waals surface area contributed by atoms with E-state index in [1.54, 1.807) is 23.1 Å². The van der Waals surface area contributed by atoms with Gasteiger partial charge in [-0.2, -0.15) is 8.78 Å². The first kappa shape index (κ1) is 22.4. The van der Waals surface area contributed by atoms with Crippen molar-refractivity contribution in [3.8, 4) is 0 Å². The number of amides is 1. The van der Waals surface area contributed by atoms with Crippen LogP contribution in [-0.2, 0) is 20.8 Å². The molecule has 0 saturated carbocycles. The number of nitrogens with one attached hydrogen (secondary N) is 2. The molecule has 0 spiro atoms. The molecule has 0 aliphatic carbocycles. The summed E-state index contributed by atoms with van der Waals surface area (Å²) in [6.45, 7) is 1.92. The fourth-order valence-corrected chi connectivity index (χ4v) is 4.69. The number of morpholine rings is 1. The van der Waals surface area contributed by atoms with Gasteiger partial charge in [-0.3, -0.25) is 10.2 Å². The molecule has 1 aromatic heterocycles. The first-order valence-corrected chi connectivity index (χ1v) is 11.0. The highest BCUT2D eigenvalue weighted by Gasteiger charge is 2.36. The maximum absolute atomic E-state index is 13.7. The number of carbonyl (C=O) groups excluding carboxylic acids is 1. The number of carbonyl (C=O) groups is 1. The first-order valence-electron chi connectivity index (χ1n) is 11.0. The number of ether oxygens (including phenoxy) is 3. The molecule has 4 heterocycles. The normalized spacial score (nSPS) is 24.3. The number of halogens is 2. The van der Waals surface area contributed by atoms with Crippen LogP contribution in [-0.4, -0.2) is 47.7 Å². The molecular weight excluding hydrogens is 448 g/mol. The third-order valence-corrected chi connectivity index (χ3v) is 6.29. The summed E-state index contributed by atoms with van der Waals surface area (Å²) in [4.78, 5) is 20.0. The van der Waals surface area contributed by atoms with E-state index in [1.165, 1.54) is 6.08 Å². The monoisotopic (exact) mass is 473 g/mol. The van der Waals surface area contributed by atoms with Crippen LogP contribution in [0.1, 0.15) is 41.4 Å². The number of benzene rings is 1. The van der Waals surface area contributed by atoms with Gasteiger partial charge in [0.1, 0.15) is 5.82 Å². The molecule has 1 aromatic carbocycles. The number of anilines is 1. The Morgan fingerprint density at radius 1 is 1.26 bits per heavy atom. The van der Waals surface area contributed by atoms with E-state index in [2.05, 4.69) is 20.6 Å². The van der Waals surface area contributed by atoms with Crippen LogP contribution < -0.4 is 16.6 Å². The lowest BCUT2D eigenvalue weighted by Gasteiger charge is -2.42. The summed E-state index contributed by atoms with van der Waals surface area (Å²) in [5.41, 5.74) is 15.2. The van der Waals surface area contributed by atoms with Crippen LogP contribution in [0.4, 0.5) is 14.6 Å². The smallest absolute Gasteiger partial charge is 0.388 e. The maximum atomic E-state index is 13.7. The van der Waals surface area contributed by atoms with Gasteiger partial charge in [-0.05, 0) is 43.7 Å². The number of pyridine rings is 1. The average Bonchev–Trinajstić information content (AvgIpc) is 3.21. The molecule has 34 heavy (non-hydrogen) atoms. The largest absolute Gasteiger partial charge is 0.418 e. The third-order valence-electron chi connectivity index (χ3n) is 6.29. The zero-order valence-corrected chi connectivity index (χ0v) is 18.7. The summed E-state index contributed by atoms with van der Waals surface area (Å²) < 4.78 is 40.8. The highest BCUT2D eigenvalue weighted by atomic mass is 19.3. The Kier molecular flexibility index (Phi) is 5.74. The summed E-state index contributed by atoms with van der Waals surface area (Å²) in [5.74, 6) is 0.147. The molecule has 180 valence electrons. The molecular formula is C23H25F2N5O4. The molecule has 1 saturated heterocycles. The second-order valence-electron chi connectivity index (χ2n) is 8.47. The van der Waals surface area contributed by atoms with Crippen LogP contribution in [0.15, 0.2) is 41.9 Å². The van der Waals surface area contributed by atoms with E-state index in [1.807, 2.05) is 19.9 Å². The fraction of sp³-hybridized carbons (Fsp3) is 0.391. The van der Waals surface area contributed by atoms with Crippen LogP contribution in [0.25, 0.3) is 10.9 Å². The van der Waals surface area contributed by atoms with Crippen LogP contribution in [0.2, 0.25) is 0 Å². The van der Waals surface area contributed by atoms with Crippen molar-refractivity contribution < 1.29 is 27.8 Å². The van der Waals surface area contributed by atoms with E-state index in [9.17, 15) is 13.6 Å². The number of nitrogen functional groups attached to an aromatic ring is 1. The molecule has 0 unspecified atom stereocenters. The van der Waals surface area contributed by atoms with E-state index in [4.69, 9.17) is 15.2 Å². The van der Waals surface area contributed by atoms with Crippen molar-refractivity contribution in [2.45, 2.75) is 45.3 Å². The summed E-state index contributed by atoms with van der Waals surface area (Å²) >= 11 is 0. The third kappa shape index (κ3) is 3.90. The standard InChI is InChI=1S/C23H25F2N5O4/c1-11-8-32-10-18(17-5-6-19(29-28-17)34-23(24)25)30(11)22(31)13-3-4-16-14(7-13)15-9-33-12(2)20(15)21(26)27-16/h3-7,11-12,18,23,28-29H,8-10H2,1-2H3,(H2,26,27)/t11-,12+,18-/m0/s1. The molecule has 2 aromatic rings. The van der Waals surface area contributed by atoms with Crippen LogP contribution in [0.3, 0.4) is 0 Å². The van der Waals surface area contributed by atoms with Gasteiger partial charge in [-0.1, -0.05) is 0 Å². The minimum absolute atomic E-state index is 0.118. The number of hydrazine groups is 1. The van der Waals surface area contributed by atoms with E-state index in [0.717, 1.165) is 16.5 Å². The number of hydrogen-bond acceptors (Lipinski definition) is 8. The van der Waals surface area contributed by atoms with Crippen molar-refractivity contribution in [3.05, 3.63) is 58.6 Å². The van der Waals surface area contributed by atoms with Crippen molar-refractivity contribution in [1.29, 1.82) is 0 Å². The molecule has 0 bridgehead atoms. The van der Waals surface area contributed by atoms with Gasteiger partial charge in [0.15, 0.2) is 0 Å². The lowest BCUT2D eigenvalue weighted by molar-refractivity contribution is -0.103. The van der Waals surface area contributed by atoms with Crippen molar-refractivity contribution >= 4 is 22.6 Å². The lowest BCUT2D eigenvalue weighted by atomic mass is 9.99. The van der Waals surface area contributed by atoms with Crippen LogP contribution >= 0.6 is 0 Å². The summed E-state index contributed by atoms with van der Waals surface area (Å²) in [5, 5.41) is 0.838. The van der Waals surface area contributed by atoms with Crippen molar-refractivity contribution in [2.24, 2.45) is 0 Å². The second kappa shape index (κ2) is 8.73. The number of fused-ring (bicyclic) bond motifs is 3. The molecule has 11 heteroatoms. The molecule has 5 rings (SSSR count). The Hall–Kier alpha value is -3.44. The predicted molar refractivity (Wildman–Crippen MR) is 119 cm³/mol. The van der Waals surface area contributed by atoms with Gasteiger partial charge in [0, 0.05) is 22.6 Å². The number of nitrogens with zero attached hydrogens (tertiary/aromatic N) is 2. The second-order valence-corrected chi connectivity index (χ2v) is 8.47. The number of allylic oxidation sites excluding steroid dienone is 2. The van der Waals surface area contributed by atoms with Gasteiger partial charge in [0.05, 0.1) is 49.2 Å². The molecule has 1 fully saturated rings. The Labute approximate surface area is 194 Å². The number of hydrogen-bond donors (Lipinski definition) is 3. The van der Waals surface area contributed by atoms with E-state index in [-0.39, 0.29) is 30.5 Å². The zero-order valence-electron chi connectivity index (χ0n) is 18.7. The van der Waals surface area contributed by atoms with Crippen molar-refractivity contribution in [3.63, 3.8) is 0 Å². The molecule has 9 nitrogen and oxygen atoms in total. The van der Waals surface area contributed by atoms with Gasteiger partial charge < -0.3 is 30.3 Å². The van der Waals surface area contributed by atoms with Gasteiger partial charge in [0.25, 0.3) is 5.91 Å². The van der Waals surface area contributed by atoms with Crippen LogP contribution in [0, 0.1) is 0 Å². The highest BCUT2D eigenvalue weighted by Crippen LogP contribution is 2.38. The molecule has 4 N–H and O–H groups in total. The Morgan fingerprint density at radius 3 is 2.82 bits per heavy atom. The molecule has 3 aliphatic rings. The van der Waals surface area contributed by atoms with Gasteiger partial charge in [-0.15, -0.1) is 0 Å². The first-order chi connectivity index (χ1) is 16.3. The van der Waals surface area contributed by atoms with E-state index >= 15 is 0 Å². The Balaban J connectivity index is 1.48. The molecule has 3 atom stereocenters. The SMILES string of the molecule is C[C@H]1OCc2c1c(N)nc1ccc(C(=O)N3[C@@H](C)COC[C@H]3C3=CC=C(OC(F)F)NN3)cc21. The van der Waals surface area contributed by atoms with Crippen molar-refractivity contribution in [2.75, 3.05) is 18.9 Å². The minimum atomic E-state index is -2.95. The summed E-state index contributed by atoms with van der Waals surface area (Å²) in [7, 11) is 0. The Morgan fingerprint density at radius 2 is 2.09 bits per heavy atom. The van der Waals surface area contributed by atoms with Crippen LogP contribution in [0.5, 0.6) is 0 Å². The fourth-order valence-electron chi connectivity index (χ4n) is 4.69. The Bertz CT molecular complexity index is 1200. The molecule has 1 amide bonds. The zero-order chi connectivity index (χ0) is 24.0. The summed E-state index contributed by atoms with van der Waals surface area (Å²) in [6, 6.07) is 4.68. The topological polar surface area (TPSA) is 111 Å². The van der Waals surface area contributed by atoms with E-state index < -0.39 is 12.7 Å². The highest BCUT2D eigenvalue weighted by molar-refractivity contribution is 5.99. The van der Waals surface area contributed by atoms with Gasteiger partial charge in [0.2, 0.25) is 5.88 Å². The molecule has 3 aliphatic heterocycles. The average molecular weight is 473 g/mol. The number of rotatable bonds is 4. The molecule has 0 radical (unpaired) electrons. The maximum Gasteiger partial charge on any atom is 0.388 e. The lowest BCUT2D eigenvalue weighted by Crippen LogP contribution is -2.57. The number of nitrogens with two attached hydrogens (primary N) is 1. The van der Waals surface area contributed by atoms with E-state index in [0.29, 0.717) is 35.8 Å². The summed E-state index contributed by atoms with van der Waals surface area (Å²) in [6.07, 6.45) is 2.83. The quantitative estimate of drug-likeness (QED) is 0.622. The van der Waals surface area contributed by atoms with Crippen molar-refractivity contribution in [1.82, 2.24) is 20.7 Å². The minimum Gasteiger partial charge on any atom is -0.418 e. The van der Waals surface area contributed by atoms with Gasteiger partial charge >= 0.3 is 6.61 Å². The predicted octanol–water partition coefficient (Wildman–Crippen LogP) is 2.71.